The highest BCUT2D eigenvalue weighted by atomic mass is 32.2. The van der Waals surface area contributed by atoms with E-state index in [0.29, 0.717) is 12.8 Å². The van der Waals surface area contributed by atoms with Gasteiger partial charge >= 0.3 is 0 Å². The third kappa shape index (κ3) is 14.0. The predicted octanol–water partition coefficient (Wildman–Crippen LogP) is -0.382. The number of imide groups is 2. The summed E-state index contributed by atoms with van der Waals surface area (Å²) < 4.78 is 13.7. The van der Waals surface area contributed by atoms with Gasteiger partial charge in [0.05, 0.1) is 10.5 Å². The van der Waals surface area contributed by atoms with E-state index in [1.807, 2.05) is 0 Å². The van der Waals surface area contributed by atoms with Crippen LogP contribution in [0.4, 0.5) is 0 Å². The summed E-state index contributed by atoms with van der Waals surface area (Å²) in [6.07, 6.45) is 4.71. The molecule has 0 radical (unpaired) electrons. The summed E-state index contributed by atoms with van der Waals surface area (Å²) in [6.45, 7) is 2.42. The molecule has 2 rings (SSSR count). The van der Waals surface area contributed by atoms with E-state index in [4.69, 9.17) is 0 Å². The van der Waals surface area contributed by atoms with Crippen molar-refractivity contribution in [3.8, 4) is 0 Å². The molecule has 7 amide bonds. The summed E-state index contributed by atoms with van der Waals surface area (Å²) in [6, 6.07) is 0. The van der Waals surface area contributed by atoms with Gasteiger partial charge in [-0.15, -0.1) is 0 Å². The second-order valence-electron chi connectivity index (χ2n) is 11.2. The molecule has 2 aliphatic heterocycles. The number of hydrogen-bond acceptors (Lipinski definition) is 11. The summed E-state index contributed by atoms with van der Waals surface area (Å²) in [5, 5.41) is 13.1. The number of carbonyl (C=O) groups is 8. The van der Waals surface area contributed by atoms with Gasteiger partial charge < -0.3 is 16.0 Å². The molecule has 2 unspecified atom stereocenters. The van der Waals surface area contributed by atoms with Crippen molar-refractivity contribution >= 4 is 78.1 Å². The number of rotatable bonds is 24. The van der Waals surface area contributed by atoms with E-state index in [1.165, 1.54) is 23.5 Å². The van der Waals surface area contributed by atoms with Gasteiger partial charge in [0, 0.05) is 96.9 Å². The Balaban J connectivity index is 1.79. The number of nitrogens with one attached hydrogen (secondary N) is 5. The lowest BCUT2D eigenvalue weighted by Crippen LogP contribution is -2.39. The maximum absolute atomic E-state index is 13.7. The molecule has 2 heterocycles. The number of ketones is 1. The normalized spacial score (nSPS) is 19.1. The standard InChI is InChI=1S/C29H48N7O9PS2/c1-4-20(37)6-7-23(38)30-10-5-17-46(45,33-13-11-31-24(39)8-15-35-26(41)18-21(47-2)28(35)43)34-14-12-32-25(40)9-16-36-27(42)19-22(48-3)29(36)44/h21-22H,4-19H2,1-3H3,(H,30,38)(H,31,39)(H,32,40)(H2,33,34,45). The molecule has 0 aromatic carbocycles. The Morgan fingerprint density at radius 2 is 1.12 bits per heavy atom. The molecule has 2 atom stereocenters. The molecule has 2 saturated heterocycles. The van der Waals surface area contributed by atoms with Crippen molar-refractivity contribution in [2.75, 3.05) is 64.5 Å². The van der Waals surface area contributed by atoms with Crippen LogP contribution >= 0.6 is 31.0 Å². The molecule has 0 bridgehead atoms. The number of thioether (sulfide) groups is 2. The van der Waals surface area contributed by atoms with Gasteiger partial charge in [-0.1, -0.05) is 6.92 Å². The van der Waals surface area contributed by atoms with Gasteiger partial charge in [0.1, 0.15) is 5.78 Å². The van der Waals surface area contributed by atoms with Crippen molar-refractivity contribution in [3.63, 3.8) is 0 Å². The van der Waals surface area contributed by atoms with Crippen LogP contribution in [0.1, 0.15) is 58.3 Å². The molecule has 0 aliphatic carbocycles. The number of nitrogens with zero attached hydrogens (tertiary/aromatic N) is 2. The molecule has 270 valence electrons. The first-order valence-electron chi connectivity index (χ1n) is 16.0. The van der Waals surface area contributed by atoms with Crippen LogP contribution < -0.4 is 26.1 Å². The first-order chi connectivity index (χ1) is 22.8. The zero-order valence-electron chi connectivity index (χ0n) is 27.8. The van der Waals surface area contributed by atoms with E-state index in [9.17, 15) is 42.9 Å². The summed E-state index contributed by atoms with van der Waals surface area (Å²) in [7, 11) is -3.26. The highest BCUT2D eigenvalue weighted by Crippen LogP contribution is 2.35. The van der Waals surface area contributed by atoms with Gasteiger partial charge in [0.15, 0.2) is 0 Å². The average Bonchev–Trinajstić information content (AvgIpc) is 3.51. The third-order valence-corrected chi connectivity index (χ3v) is 12.0. The Hall–Kier alpha value is -2.79. The maximum Gasteiger partial charge on any atom is 0.242 e. The second-order valence-corrected chi connectivity index (χ2v) is 15.8. The van der Waals surface area contributed by atoms with Crippen molar-refractivity contribution in [2.45, 2.75) is 68.8 Å². The van der Waals surface area contributed by atoms with Crippen molar-refractivity contribution in [2.24, 2.45) is 0 Å². The summed E-state index contributed by atoms with van der Waals surface area (Å²) in [4.78, 5) is 99.0. The lowest BCUT2D eigenvalue weighted by Gasteiger charge is -2.22. The fourth-order valence-corrected chi connectivity index (χ4v) is 8.14. The maximum atomic E-state index is 13.7. The minimum Gasteiger partial charge on any atom is -0.356 e. The summed E-state index contributed by atoms with van der Waals surface area (Å²) in [5.74, 6) is -2.23. The molecule has 19 heteroatoms. The van der Waals surface area contributed by atoms with Crippen molar-refractivity contribution in [1.29, 1.82) is 0 Å². The molecule has 0 aromatic rings. The van der Waals surface area contributed by atoms with Crippen LogP contribution in [0, 0.1) is 0 Å². The van der Waals surface area contributed by atoms with Crippen LogP contribution in [0.25, 0.3) is 0 Å². The molecular formula is C29H48N7O9PS2. The van der Waals surface area contributed by atoms with Crippen LogP contribution in [-0.2, 0) is 42.9 Å². The third-order valence-electron chi connectivity index (χ3n) is 7.73. The van der Waals surface area contributed by atoms with Crippen LogP contribution in [-0.4, -0.2) is 132 Å². The topological polar surface area (TPSA) is 220 Å². The van der Waals surface area contributed by atoms with Crippen molar-refractivity contribution < 1.29 is 42.9 Å². The fourth-order valence-electron chi connectivity index (χ4n) is 4.89. The van der Waals surface area contributed by atoms with Crippen molar-refractivity contribution in [1.82, 2.24) is 35.9 Å². The van der Waals surface area contributed by atoms with E-state index >= 15 is 0 Å². The lowest BCUT2D eigenvalue weighted by atomic mass is 10.2. The smallest absolute Gasteiger partial charge is 0.242 e. The SMILES string of the molecule is CCC(=O)CCC(=O)NCCCP(=O)(NCCNC(=O)CCN1C(=O)CC(SC)C1=O)NCCNC(=O)CCN1C(=O)CC(SC)C1=O. The van der Waals surface area contributed by atoms with Crippen LogP contribution in [0.15, 0.2) is 0 Å². The molecule has 2 aliphatic rings. The van der Waals surface area contributed by atoms with Crippen LogP contribution in [0.3, 0.4) is 0 Å². The Labute approximate surface area is 289 Å². The van der Waals surface area contributed by atoms with Crippen LogP contribution in [0.5, 0.6) is 0 Å². The van der Waals surface area contributed by atoms with E-state index in [2.05, 4.69) is 26.1 Å². The van der Waals surface area contributed by atoms with E-state index in [1.54, 1.807) is 19.4 Å². The highest BCUT2D eigenvalue weighted by Gasteiger charge is 2.38. The predicted molar refractivity (Wildman–Crippen MR) is 183 cm³/mol. The molecule has 0 aromatic heterocycles. The Morgan fingerprint density at radius 3 is 1.54 bits per heavy atom. The summed E-state index contributed by atoms with van der Waals surface area (Å²) in [5.41, 5.74) is 0. The molecule has 48 heavy (non-hydrogen) atoms. The lowest BCUT2D eigenvalue weighted by molar-refractivity contribution is -0.140. The average molecular weight is 734 g/mol. The van der Waals surface area contributed by atoms with E-state index < -0.39 is 17.9 Å². The Morgan fingerprint density at radius 1 is 0.688 bits per heavy atom. The number of hydrogen-bond donors (Lipinski definition) is 5. The first-order valence-corrected chi connectivity index (χ1v) is 20.5. The van der Waals surface area contributed by atoms with Crippen LogP contribution in [0.2, 0.25) is 0 Å². The number of likely N-dealkylation sites (tertiary alicyclic amines) is 2. The first kappa shape index (κ1) is 41.4. The highest BCUT2D eigenvalue weighted by molar-refractivity contribution is 8.00. The van der Waals surface area contributed by atoms with Gasteiger partial charge in [-0.25, -0.2) is 0 Å². The van der Waals surface area contributed by atoms with E-state index in [0.717, 1.165) is 9.80 Å². The zero-order chi connectivity index (χ0) is 35.7. The van der Waals surface area contributed by atoms with Gasteiger partial charge in [0.25, 0.3) is 0 Å². The number of amides is 7. The molecule has 2 fully saturated rings. The monoisotopic (exact) mass is 733 g/mol. The summed E-state index contributed by atoms with van der Waals surface area (Å²) >= 11 is 2.60. The van der Waals surface area contributed by atoms with Gasteiger partial charge in [-0.2, -0.15) is 23.5 Å². The Kier molecular flexibility index (Phi) is 18.4. The molecule has 5 N–H and O–H groups in total. The molecule has 0 saturated carbocycles. The molecule has 16 nitrogen and oxygen atoms in total. The van der Waals surface area contributed by atoms with Gasteiger partial charge in [-0.3, -0.25) is 62.9 Å². The number of Topliss-reactive ketones (excluding diaryl/α,β-unsaturated/α-hetero) is 1. The second kappa shape index (κ2) is 21.3. The van der Waals surface area contributed by atoms with Crippen molar-refractivity contribution in [3.05, 3.63) is 0 Å². The van der Waals surface area contributed by atoms with E-state index in [-0.39, 0.29) is 138 Å². The van der Waals surface area contributed by atoms with Gasteiger partial charge in [-0.05, 0) is 18.9 Å². The molecular weight excluding hydrogens is 685 g/mol. The largest absolute Gasteiger partial charge is 0.356 e. The Bertz CT molecular complexity index is 1190. The fraction of sp³-hybridized carbons (Fsp3) is 0.724. The molecule has 0 spiro atoms. The quantitative estimate of drug-likeness (QED) is 0.0486. The number of carbonyl (C=O) groups excluding carboxylic acids is 8. The minimum atomic E-state index is -3.26. The van der Waals surface area contributed by atoms with Gasteiger partial charge in [0.2, 0.25) is 48.8 Å². The minimum absolute atomic E-state index is 0.00765. The zero-order valence-corrected chi connectivity index (χ0v) is 30.3.